The summed E-state index contributed by atoms with van der Waals surface area (Å²) in [6, 6.07) is 7.35. The molecule has 8 heteroatoms. The van der Waals surface area contributed by atoms with Crippen molar-refractivity contribution in [1.29, 1.82) is 0 Å². The zero-order chi connectivity index (χ0) is 18.5. The first kappa shape index (κ1) is 17.9. The van der Waals surface area contributed by atoms with Crippen LogP contribution in [0.2, 0.25) is 0 Å². The van der Waals surface area contributed by atoms with Crippen molar-refractivity contribution in [2.45, 2.75) is 19.5 Å². The number of nitrogens with one attached hydrogen (secondary N) is 1. The van der Waals surface area contributed by atoms with Gasteiger partial charge < -0.3 is 14.8 Å². The normalized spacial score (nSPS) is 11.8. The molecule has 2 heterocycles. The molecular formula is C18H20N4O3S. The molecule has 1 N–H and O–H groups in total. The molecule has 0 saturated carbocycles. The minimum Gasteiger partial charge on any atom is -0.493 e. The summed E-state index contributed by atoms with van der Waals surface area (Å²) in [7, 11) is 3.18. The average Bonchev–Trinajstić information content (AvgIpc) is 3.32. The van der Waals surface area contributed by atoms with Gasteiger partial charge in [-0.1, -0.05) is 0 Å². The number of thiazole rings is 1. The molecule has 0 spiro atoms. The van der Waals surface area contributed by atoms with Gasteiger partial charge in [0.1, 0.15) is 10.7 Å². The Hall–Kier alpha value is -2.87. The Balaban J connectivity index is 1.70. The summed E-state index contributed by atoms with van der Waals surface area (Å²) in [6.07, 6.45) is 3.57. The van der Waals surface area contributed by atoms with Crippen molar-refractivity contribution < 1.29 is 14.3 Å². The first-order valence-electron chi connectivity index (χ1n) is 8.07. The number of carbonyl (C=O) groups excluding carboxylic acids is 1. The molecule has 26 heavy (non-hydrogen) atoms. The van der Waals surface area contributed by atoms with Gasteiger partial charge in [0.25, 0.3) is 5.91 Å². The molecule has 1 atom stereocenters. The Bertz CT molecular complexity index is 876. The van der Waals surface area contributed by atoms with Crippen molar-refractivity contribution in [2.75, 3.05) is 14.2 Å². The van der Waals surface area contributed by atoms with Crippen LogP contribution in [0.25, 0.3) is 10.6 Å². The molecule has 136 valence electrons. The van der Waals surface area contributed by atoms with E-state index in [1.54, 1.807) is 30.5 Å². The van der Waals surface area contributed by atoms with Crippen LogP contribution in [0.4, 0.5) is 0 Å². The van der Waals surface area contributed by atoms with Gasteiger partial charge in [0.05, 0.1) is 20.8 Å². The average molecular weight is 372 g/mol. The highest BCUT2D eigenvalue weighted by molar-refractivity contribution is 7.13. The lowest BCUT2D eigenvalue weighted by atomic mass is 10.2. The molecule has 2 aromatic heterocycles. The molecule has 0 saturated heterocycles. The molecule has 1 amide bonds. The number of hydrogen-bond donors (Lipinski definition) is 1. The first-order chi connectivity index (χ1) is 12.6. The summed E-state index contributed by atoms with van der Waals surface area (Å²) in [5.41, 5.74) is 1.27. The number of nitrogens with zero attached hydrogens (tertiary/aromatic N) is 3. The van der Waals surface area contributed by atoms with E-state index in [9.17, 15) is 4.79 Å². The van der Waals surface area contributed by atoms with Crippen LogP contribution in [-0.4, -0.2) is 40.9 Å². The van der Waals surface area contributed by atoms with Crippen LogP contribution < -0.4 is 14.8 Å². The minimum absolute atomic E-state index is 0.0615. The lowest BCUT2D eigenvalue weighted by Gasteiger charge is -2.12. The highest BCUT2D eigenvalue weighted by Crippen LogP contribution is 2.33. The lowest BCUT2D eigenvalue weighted by molar-refractivity contribution is 0.0931. The summed E-state index contributed by atoms with van der Waals surface area (Å²) in [5.74, 6) is 1.07. The third-order valence-electron chi connectivity index (χ3n) is 3.76. The summed E-state index contributed by atoms with van der Waals surface area (Å²) in [6.45, 7) is 2.53. The molecular weight excluding hydrogens is 352 g/mol. The van der Waals surface area contributed by atoms with Crippen molar-refractivity contribution in [3.05, 3.63) is 47.7 Å². The van der Waals surface area contributed by atoms with E-state index in [1.165, 1.54) is 11.3 Å². The summed E-state index contributed by atoms with van der Waals surface area (Å²) in [4.78, 5) is 16.9. The third-order valence-corrected chi connectivity index (χ3v) is 4.66. The zero-order valence-corrected chi connectivity index (χ0v) is 15.6. The van der Waals surface area contributed by atoms with Crippen molar-refractivity contribution in [2.24, 2.45) is 0 Å². The van der Waals surface area contributed by atoms with E-state index in [1.807, 2.05) is 37.4 Å². The van der Waals surface area contributed by atoms with Crippen LogP contribution in [0, 0.1) is 0 Å². The van der Waals surface area contributed by atoms with Gasteiger partial charge in [-0.3, -0.25) is 9.48 Å². The second-order valence-electron chi connectivity index (χ2n) is 5.71. The Morgan fingerprint density at radius 1 is 1.31 bits per heavy atom. The number of carbonyl (C=O) groups is 1. The summed E-state index contributed by atoms with van der Waals surface area (Å²) < 4.78 is 12.3. The lowest BCUT2D eigenvalue weighted by Crippen LogP contribution is -2.35. The Labute approximate surface area is 155 Å². The highest BCUT2D eigenvalue weighted by atomic mass is 32.1. The minimum atomic E-state index is -0.201. The van der Waals surface area contributed by atoms with Gasteiger partial charge in [0.15, 0.2) is 11.5 Å². The van der Waals surface area contributed by atoms with Gasteiger partial charge in [-0.25, -0.2) is 4.98 Å². The van der Waals surface area contributed by atoms with Crippen molar-refractivity contribution in [1.82, 2.24) is 20.1 Å². The van der Waals surface area contributed by atoms with Crippen LogP contribution in [-0.2, 0) is 6.54 Å². The predicted molar refractivity (Wildman–Crippen MR) is 99.8 cm³/mol. The monoisotopic (exact) mass is 372 g/mol. The van der Waals surface area contributed by atoms with Gasteiger partial charge in [-0.15, -0.1) is 11.3 Å². The van der Waals surface area contributed by atoms with Crippen LogP contribution >= 0.6 is 11.3 Å². The van der Waals surface area contributed by atoms with Crippen molar-refractivity contribution in [3.8, 4) is 22.1 Å². The largest absolute Gasteiger partial charge is 0.493 e. The van der Waals surface area contributed by atoms with Crippen LogP contribution in [0.3, 0.4) is 0 Å². The van der Waals surface area contributed by atoms with Crippen LogP contribution in [0.5, 0.6) is 11.5 Å². The number of rotatable bonds is 7. The van der Waals surface area contributed by atoms with Gasteiger partial charge >= 0.3 is 0 Å². The molecule has 7 nitrogen and oxygen atoms in total. The molecule has 1 aromatic carbocycles. The molecule has 3 rings (SSSR count). The number of hydrogen-bond acceptors (Lipinski definition) is 6. The van der Waals surface area contributed by atoms with Gasteiger partial charge in [-0.2, -0.15) is 5.10 Å². The van der Waals surface area contributed by atoms with Crippen molar-refractivity contribution in [3.63, 3.8) is 0 Å². The van der Waals surface area contributed by atoms with Crippen LogP contribution in [0.15, 0.2) is 42.0 Å². The maximum atomic E-state index is 12.4. The molecule has 0 bridgehead atoms. The first-order valence-corrected chi connectivity index (χ1v) is 8.95. The number of benzene rings is 1. The number of methoxy groups -OCH3 is 2. The second kappa shape index (κ2) is 8.01. The molecule has 1 unspecified atom stereocenters. The highest BCUT2D eigenvalue weighted by Gasteiger charge is 2.15. The maximum absolute atomic E-state index is 12.4. The van der Waals surface area contributed by atoms with Crippen LogP contribution in [0.1, 0.15) is 17.4 Å². The Kier molecular flexibility index (Phi) is 5.52. The van der Waals surface area contributed by atoms with E-state index in [0.29, 0.717) is 23.7 Å². The standard InChI is InChI=1S/C18H20N4O3S/c1-12(10-22-8-4-7-19-22)20-17(23)14-11-26-18(21-14)13-5-6-15(24-2)16(9-13)25-3/h4-9,11-12H,10H2,1-3H3,(H,20,23). The number of ether oxygens (including phenoxy) is 2. The Morgan fingerprint density at radius 2 is 2.12 bits per heavy atom. The van der Waals surface area contributed by atoms with E-state index < -0.39 is 0 Å². The van der Waals surface area contributed by atoms with E-state index in [2.05, 4.69) is 15.4 Å². The molecule has 0 aliphatic heterocycles. The van der Waals surface area contributed by atoms with Crippen molar-refractivity contribution >= 4 is 17.2 Å². The van der Waals surface area contributed by atoms with Gasteiger partial charge in [0, 0.05) is 29.4 Å². The van der Waals surface area contributed by atoms with E-state index in [0.717, 1.165) is 10.6 Å². The molecule has 0 radical (unpaired) electrons. The predicted octanol–water partition coefficient (Wildman–Crippen LogP) is 2.84. The van der Waals surface area contributed by atoms with E-state index in [-0.39, 0.29) is 11.9 Å². The van der Waals surface area contributed by atoms with E-state index in [4.69, 9.17) is 9.47 Å². The quantitative estimate of drug-likeness (QED) is 0.690. The summed E-state index contributed by atoms with van der Waals surface area (Å²) >= 11 is 1.41. The maximum Gasteiger partial charge on any atom is 0.271 e. The topological polar surface area (TPSA) is 78.3 Å². The molecule has 3 aromatic rings. The molecule has 0 aliphatic rings. The van der Waals surface area contributed by atoms with Gasteiger partial charge in [-0.05, 0) is 31.2 Å². The SMILES string of the molecule is COc1ccc(-c2nc(C(=O)NC(C)Cn3cccn3)cs2)cc1OC. The smallest absolute Gasteiger partial charge is 0.271 e. The summed E-state index contributed by atoms with van der Waals surface area (Å²) in [5, 5.41) is 9.58. The Morgan fingerprint density at radius 3 is 2.81 bits per heavy atom. The number of amides is 1. The fourth-order valence-corrected chi connectivity index (χ4v) is 3.31. The second-order valence-corrected chi connectivity index (χ2v) is 6.57. The number of aromatic nitrogens is 3. The fourth-order valence-electron chi connectivity index (χ4n) is 2.51. The molecule has 0 fully saturated rings. The molecule has 0 aliphatic carbocycles. The van der Waals surface area contributed by atoms with E-state index >= 15 is 0 Å². The third kappa shape index (κ3) is 4.02. The zero-order valence-electron chi connectivity index (χ0n) is 14.8. The van der Waals surface area contributed by atoms with Gasteiger partial charge in [0.2, 0.25) is 0 Å². The fraction of sp³-hybridized carbons (Fsp3) is 0.278.